The van der Waals surface area contributed by atoms with Crippen molar-refractivity contribution in [3.8, 4) is 0 Å². The van der Waals surface area contributed by atoms with Crippen LogP contribution in [-0.4, -0.2) is 25.9 Å². The van der Waals surface area contributed by atoms with Crippen LogP contribution in [0.15, 0.2) is 48.5 Å². The van der Waals surface area contributed by atoms with Gasteiger partial charge in [0.1, 0.15) is 6.17 Å². The van der Waals surface area contributed by atoms with E-state index in [1.807, 2.05) is 0 Å². The minimum atomic E-state index is -1.95. The van der Waals surface area contributed by atoms with Crippen LogP contribution in [0.5, 0.6) is 0 Å². The number of nitro groups is 1. The summed E-state index contributed by atoms with van der Waals surface area (Å²) >= 11 is 28.9. The third-order valence-electron chi connectivity index (χ3n) is 3.33. The molecule has 0 aliphatic rings. The first kappa shape index (κ1) is 22.4. The molecule has 2 aromatic rings. The number of nitrogens with zero attached hydrogens (tertiary/aromatic N) is 1. The number of hydrogen-bond acceptors (Lipinski definition) is 4. The van der Waals surface area contributed by atoms with Crippen LogP contribution < -0.4 is 16.0 Å². The maximum absolute atomic E-state index is 12.4. The van der Waals surface area contributed by atoms with Crippen molar-refractivity contribution in [3.05, 3.63) is 69.2 Å². The number of alkyl halides is 3. The summed E-state index contributed by atoms with van der Waals surface area (Å²) in [6, 6.07) is 11.9. The number of benzene rings is 2. The molecule has 0 radical (unpaired) electrons. The fraction of sp³-hybridized carbons (Fsp3) is 0.125. The number of hydrogen-bond donors (Lipinski definition) is 3. The normalized spacial score (nSPS) is 12.0. The summed E-state index contributed by atoms with van der Waals surface area (Å²) < 4.78 is -1.95. The molecule has 28 heavy (non-hydrogen) atoms. The van der Waals surface area contributed by atoms with Gasteiger partial charge >= 0.3 is 0 Å². The zero-order valence-electron chi connectivity index (χ0n) is 13.8. The quantitative estimate of drug-likeness (QED) is 0.189. The van der Waals surface area contributed by atoms with E-state index in [1.54, 1.807) is 18.2 Å². The molecule has 0 spiro atoms. The van der Waals surface area contributed by atoms with Gasteiger partial charge in [0.05, 0.1) is 15.5 Å². The van der Waals surface area contributed by atoms with E-state index >= 15 is 0 Å². The average Bonchev–Trinajstić information content (AvgIpc) is 2.61. The highest BCUT2D eigenvalue weighted by Gasteiger charge is 2.35. The second-order valence-electron chi connectivity index (χ2n) is 5.33. The van der Waals surface area contributed by atoms with Gasteiger partial charge in [-0.3, -0.25) is 14.9 Å². The third-order valence-corrected chi connectivity index (χ3v) is 4.54. The Hall–Kier alpha value is -1.84. The fourth-order valence-corrected chi connectivity index (χ4v) is 2.80. The van der Waals surface area contributed by atoms with Gasteiger partial charge in [0.25, 0.3) is 11.6 Å². The molecule has 1 atom stereocenters. The maximum Gasteiger partial charge on any atom is 0.269 e. The van der Waals surface area contributed by atoms with Gasteiger partial charge in [0.2, 0.25) is 3.79 Å². The summed E-state index contributed by atoms with van der Waals surface area (Å²) in [6.45, 7) is 0. The first-order valence-corrected chi connectivity index (χ1v) is 9.44. The molecular weight excluding hydrogens is 470 g/mol. The molecule has 0 aromatic heterocycles. The largest absolute Gasteiger partial charge is 0.339 e. The number of carbonyl (C=O) groups excluding carboxylic acids is 1. The Balaban J connectivity index is 2.07. The SMILES string of the molecule is O=C(N[C@H](NC(=S)Nc1ccc([N+](=O)[O-])cc1)C(Cl)(Cl)Cl)c1ccccc1Cl. The van der Waals surface area contributed by atoms with Crippen molar-refractivity contribution < 1.29 is 9.72 Å². The van der Waals surface area contributed by atoms with Crippen molar-refractivity contribution in [2.75, 3.05) is 5.32 Å². The van der Waals surface area contributed by atoms with Crippen molar-refractivity contribution in [2.45, 2.75) is 9.96 Å². The molecule has 1 amide bonds. The number of non-ortho nitro benzene ring substituents is 1. The molecule has 0 fully saturated rings. The zero-order chi connectivity index (χ0) is 20.9. The van der Waals surface area contributed by atoms with Crippen LogP contribution in [-0.2, 0) is 0 Å². The van der Waals surface area contributed by atoms with Gasteiger partial charge in [-0.1, -0.05) is 58.5 Å². The predicted molar refractivity (Wildman–Crippen MR) is 115 cm³/mol. The van der Waals surface area contributed by atoms with Gasteiger partial charge in [-0.05, 0) is 36.5 Å². The number of carbonyl (C=O) groups is 1. The van der Waals surface area contributed by atoms with Crippen LogP contribution in [0.1, 0.15) is 10.4 Å². The van der Waals surface area contributed by atoms with Crippen LogP contribution in [0.4, 0.5) is 11.4 Å². The number of rotatable bonds is 5. The molecule has 0 aliphatic carbocycles. The lowest BCUT2D eigenvalue weighted by atomic mass is 10.2. The number of nitro benzene ring substituents is 1. The van der Waals surface area contributed by atoms with Crippen LogP contribution in [0, 0.1) is 10.1 Å². The topological polar surface area (TPSA) is 96.3 Å². The van der Waals surface area contributed by atoms with E-state index in [9.17, 15) is 14.9 Å². The fourth-order valence-electron chi connectivity index (χ4n) is 2.02. The van der Waals surface area contributed by atoms with Gasteiger partial charge in [-0.15, -0.1) is 0 Å². The van der Waals surface area contributed by atoms with E-state index in [2.05, 4.69) is 16.0 Å². The minimum Gasteiger partial charge on any atom is -0.339 e. The average molecular weight is 482 g/mol. The van der Waals surface area contributed by atoms with Gasteiger partial charge in [0, 0.05) is 17.8 Å². The number of halogens is 4. The Labute approximate surface area is 185 Å². The van der Waals surface area contributed by atoms with Gasteiger partial charge in [0.15, 0.2) is 5.11 Å². The second kappa shape index (κ2) is 9.58. The molecule has 2 aromatic carbocycles. The van der Waals surface area contributed by atoms with E-state index in [-0.39, 0.29) is 21.4 Å². The lowest BCUT2D eigenvalue weighted by Gasteiger charge is -2.28. The van der Waals surface area contributed by atoms with Crippen LogP contribution in [0.3, 0.4) is 0 Å². The van der Waals surface area contributed by atoms with Gasteiger partial charge in [-0.2, -0.15) is 0 Å². The molecule has 148 valence electrons. The van der Waals surface area contributed by atoms with E-state index in [4.69, 9.17) is 58.6 Å². The Kier molecular flexibility index (Phi) is 7.68. The minimum absolute atomic E-state index is 0.0182. The molecular formula is C16H12Cl4N4O3S. The predicted octanol–water partition coefficient (Wildman–Crippen LogP) is 4.66. The number of amides is 1. The standard InChI is InChI=1S/C16H12Cl4N4O3S/c17-12-4-2-1-3-11(12)13(25)22-14(16(18,19)20)23-15(28)21-9-5-7-10(8-6-9)24(26)27/h1-8,14H,(H,22,25)(H2,21,23,28)/t14-/m1/s1. The van der Waals surface area contributed by atoms with Crippen LogP contribution >= 0.6 is 58.6 Å². The number of anilines is 1. The molecule has 0 bridgehead atoms. The molecule has 0 saturated carbocycles. The Morgan fingerprint density at radius 1 is 1.07 bits per heavy atom. The first-order chi connectivity index (χ1) is 13.1. The highest BCUT2D eigenvalue weighted by atomic mass is 35.6. The smallest absolute Gasteiger partial charge is 0.269 e. The molecule has 0 heterocycles. The van der Waals surface area contributed by atoms with Crippen molar-refractivity contribution in [3.63, 3.8) is 0 Å². The molecule has 7 nitrogen and oxygen atoms in total. The highest BCUT2D eigenvalue weighted by Crippen LogP contribution is 2.29. The molecule has 2 rings (SSSR count). The highest BCUT2D eigenvalue weighted by molar-refractivity contribution is 7.80. The summed E-state index contributed by atoms with van der Waals surface area (Å²) in [5, 5.41) is 18.9. The van der Waals surface area contributed by atoms with Crippen molar-refractivity contribution in [1.29, 1.82) is 0 Å². The molecule has 12 heteroatoms. The number of nitrogens with one attached hydrogen (secondary N) is 3. The van der Waals surface area contributed by atoms with Crippen LogP contribution in [0.2, 0.25) is 5.02 Å². The van der Waals surface area contributed by atoms with E-state index in [1.165, 1.54) is 30.3 Å². The van der Waals surface area contributed by atoms with Crippen molar-refractivity contribution in [1.82, 2.24) is 10.6 Å². The Bertz CT molecular complexity index is 890. The van der Waals surface area contributed by atoms with Crippen molar-refractivity contribution >= 4 is 81.0 Å². The van der Waals surface area contributed by atoms with E-state index in [0.29, 0.717) is 5.69 Å². The molecule has 3 N–H and O–H groups in total. The lowest BCUT2D eigenvalue weighted by Crippen LogP contribution is -2.56. The van der Waals surface area contributed by atoms with Gasteiger partial charge < -0.3 is 16.0 Å². The monoisotopic (exact) mass is 480 g/mol. The molecule has 0 unspecified atom stereocenters. The van der Waals surface area contributed by atoms with Gasteiger partial charge in [-0.25, -0.2) is 0 Å². The summed E-state index contributed by atoms with van der Waals surface area (Å²) in [5.74, 6) is -0.576. The Morgan fingerprint density at radius 3 is 2.21 bits per heavy atom. The maximum atomic E-state index is 12.4. The van der Waals surface area contributed by atoms with Crippen molar-refractivity contribution in [2.24, 2.45) is 0 Å². The molecule has 0 aliphatic heterocycles. The zero-order valence-corrected chi connectivity index (χ0v) is 17.6. The van der Waals surface area contributed by atoms with Crippen LogP contribution in [0.25, 0.3) is 0 Å². The van der Waals surface area contributed by atoms with E-state index in [0.717, 1.165) is 0 Å². The third kappa shape index (κ3) is 6.35. The second-order valence-corrected chi connectivity index (χ2v) is 8.51. The summed E-state index contributed by atoms with van der Waals surface area (Å²) in [7, 11) is 0. The summed E-state index contributed by atoms with van der Waals surface area (Å²) in [6.07, 6.45) is -1.20. The summed E-state index contributed by atoms with van der Waals surface area (Å²) in [4.78, 5) is 22.6. The number of thiocarbonyl (C=S) groups is 1. The first-order valence-electron chi connectivity index (χ1n) is 7.52. The summed E-state index contributed by atoms with van der Waals surface area (Å²) in [5.41, 5.74) is 0.582. The Morgan fingerprint density at radius 2 is 1.68 bits per heavy atom. The van der Waals surface area contributed by atoms with E-state index < -0.39 is 20.8 Å². The molecule has 0 saturated heterocycles. The lowest BCUT2D eigenvalue weighted by molar-refractivity contribution is -0.384.